The highest BCUT2D eigenvalue weighted by atomic mass is 35.5. The fourth-order valence-corrected chi connectivity index (χ4v) is 3.22. The minimum Gasteiger partial charge on any atom is -0.386 e. The van der Waals surface area contributed by atoms with Gasteiger partial charge in [-0.1, -0.05) is 41.9 Å². The molecule has 21 heavy (non-hydrogen) atoms. The third-order valence-corrected chi connectivity index (χ3v) is 4.24. The van der Waals surface area contributed by atoms with Crippen LogP contribution in [0.25, 0.3) is 11.3 Å². The molecule has 0 radical (unpaired) electrons. The molecule has 1 aliphatic heterocycles. The molecule has 104 valence electrons. The lowest BCUT2D eigenvalue weighted by molar-refractivity contribution is 0.134. The molecule has 0 amide bonds. The smallest absolute Gasteiger partial charge is 0.134 e. The van der Waals surface area contributed by atoms with E-state index in [1.54, 1.807) is 24.7 Å². The summed E-state index contributed by atoms with van der Waals surface area (Å²) in [4.78, 5) is 8.25. The zero-order valence-electron chi connectivity index (χ0n) is 11.0. The monoisotopic (exact) mass is 297 g/mol. The summed E-state index contributed by atoms with van der Waals surface area (Å²) in [6, 6.07) is 11.4. The second kappa shape index (κ2) is 4.69. The van der Waals surface area contributed by atoms with E-state index in [0.29, 0.717) is 10.7 Å². The van der Waals surface area contributed by atoms with Gasteiger partial charge in [0.25, 0.3) is 0 Å². The quantitative estimate of drug-likeness (QED) is 0.739. The maximum Gasteiger partial charge on any atom is 0.134 e. The molecule has 1 N–H and O–H groups in total. The summed E-state index contributed by atoms with van der Waals surface area (Å²) in [6.45, 7) is 0. The molecule has 0 saturated carbocycles. The third-order valence-electron chi connectivity index (χ3n) is 3.93. The van der Waals surface area contributed by atoms with Crippen molar-refractivity contribution < 1.29 is 5.11 Å². The number of rotatable bonds is 2. The van der Waals surface area contributed by atoms with Gasteiger partial charge in [-0.15, -0.1) is 0 Å². The Morgan fingerprint density at radius 2 is 2.05 bits per heavy atom. The first-order valence-electron chi connectivity index (χ1n) is 6.67. The van der Waals surface area contributed by atoms with E-state index < -0.39 is 6.10 Å². The summed E-state index contributed by atoms with van der Waals surface area (Å²) in [5.74, 6) is 0. The zero-order chi connectivity index (χ0) is 14.4. The maximum atomic E-state index is 10.8. The molecular weight excluding hydrogens is 286 g/mol. The van der Waals surface area contributed by atoms with Gasteiger partial charge in [0.1, 0.15) is 11.3 Å². The Hall–Kier alpha value is -2.17. The number of aliphatic hydroxyl groups excluding tert-OH is 1. The van der Waals surface area contributed by atoms with Crippen LogP contribution in [0.15, 0.2) is 55.1 Å². The van der Waals surface area contributed by atoms with Gasteiger partial charge in [-0.3, -0.25) is 0 Å². The predicted octanol–water partition coefficient (Wildman–Crippen LogP) is 3.23. The normalized spacial score (nSPS) is 17.3. The van der Waals surface area contributed by atoms with Crippen LogP contribution >= 0.6 is 11.6 Å². The van der Waals surface area contributed by atoms with Gasteiger partial charge < -0.3 is 9.67 Å². The van der Waals surface area contributed by atoms with Crippen molar-refractivity contribution in [2.24, 2.45) is 0 Å². The molecule has 4 nitrogen and oxygen atoms in total. The zero-order valence-corrected chi connectivity index (χ0v) is 11.8. The van der Waals surface area contributed by atoms with E-state index in [2.05, 4.69) is 9.97 Å². The molecule has 0 saturated heterocycles. The van der Waals surface area contributed by atoms with E-state index in [4.69, 9.17) is 11.6 Å². The fraction of sp³-hybridized carbons (Fsp3) is 0.125. The molecule has 2 aromatic heterocycles. The Morgan fingerprint density at radius 1 is 1.19 bits per heavy atom. The average molecular weight is 298 g/mol. The molecule has 3 aromatic rings. The molecule has 5 heteroatoms. The lowest BCUT2D eigenvalue weighted by Gasteiger charge is -2.22. The van der Waals surface area contributed by atoms with Crippen LogP contribution in [0.4, 0.5) is 0 Å². The minimum atomic E-state index is -0.775. The van der Waals surface area contributed by atoms with Crippen LogP contribution in [0.1, 0.15) is 23.3 Å². The second-order valence-electron chi connectivity index (χ2n) is 5.05. The molecule has 0 bridgehead atoms. The summed E-state index contributed by atoms with van der Waals surface area (Å²) in [5.41, 5.74) is 3.80. The van der Waals surface area contributed by atoms with Crippen molar-refractivity contribution in [3.8, 4) is 11.3 Å². The van der Waals surface area contributed by atoms with Gasteiger partial charge in [0.15, 0.2) is 0 Å². The van der Waals surface area contributed by atoms with Gasteiger partial charge in [-0.2, -0.15) is 0 Å². The number of hydrogen-bond donors (Lipinski definition) is 1. The molecule has 4 rings (SSSR count). The molecule has 1 aromatic carbocycles. The lowest BCUT2D eigenvalue weighted by Crippen LogP contribution is -2.16. The van der Waals surface area contributed by atoms with Gasteiger partial charge in [0.2, 0.25) is 0 Å². The number of halogens is 1. The first kappa shape index (κ1) is 12.6. The first-order valence-corrected chi connectivity index (χ1v) is 7.05. The van der Waals surface area contributed by atoms with Crippen molar-refractivity contribution in [3.05, 3.63) is 71.4 Å². The molecule has 2 unspecified atom stereocenters. The van der Waals surface area contributed by atoms with Crippen LogP contribution < -0.4 is 0 Å². The van der Waals surface area contributed by atoms with Crippen LogP contribution in [-0.2, 0) is 0 Å². The first-order chi connectivity index (χ1) is 10.3. The minimum absolute atomic E-state index is 0.236. The highest BCUT2D eigenvalue weighted by Crippen LogP contribution is 2.45. The number of benzene rings is 1. The Morgan fingerprint density at radius 3 is 2.90 bits per heavy atom. The highest BCUT2D eigenvalue weighted by Gasteiger charge is 2.34. The maximum absolute atomic E-state index is 10.8. The van der Waals surface area contributed by atoms with E-state index in [0.717, 1.165) is 16.8 Å². The Balaban J connectivity index is 1.88. The Kier molecular flexibility index (Phi) is 2.80. The van der Waals surface area contributed by atoms with Crippen molar-refractivity contribution in [3.63, 3.8) is 0 Å². The summed E-state index contributed by atoms with van der Waals surface area (Å²) >= 11 is 6.13. The molecule has 3 heterocycles. The van der Waals surface area contributed by atoms with E-state index >= 15 is 0 Å². The largest absolute Gasteiger partial charge is 0.386 e. The molecule has 0 aliphatic carbocycles. The third kappa shape index (κ3) is 1.80. The van der Waals surface area contributed by atoms with Crippen molar-refractivity contribution >= 4 is 11.6 Å². The summed E-state index contributed by atoms with van der Waals surface area (Å²) in [7, 11) is 0. The van der Waals surface area contributed by atoms with Crippen LogP contribution in [0.2, 0.25) is 5.15 Å². The number of fused-ring (bicyclic) bond motifs is 3. The molecule has 0 spiro atoms. The summed E-state index contributed by atoms with van der Waals surface area (Å²) < 4.78 is 1.98. The van der Waals surface area contributed by atoms with E-state index in [1.165, 1.54) is 0 Å². The average Bonchev–Trinajstić information content (AvgIpc) is 3.07. The topological polar surface area (TPSA) is 50.9 Å². The number of imidazole rings is 1. The van der Waals surface area contributed by atoms with Crippen LogP contribution in [0.5, 0.6) is 0 Å². The fourth-order valence-electron chi connectivity index (χ4n) is 2.98. The Labute approximate surface area is 126 Å². The van der Waals surface area contributed by atoms with Crippen molar-refractivity contribution in [2.45, 2.75) is 12.1 Å². The molecule has 2 atom stereocenters. The van der Waals surface area contributed by atoms with E-state index in [9.17, 15) is 5.11 Å². The molecule has 0 fully saturated rings. The molecular formula is C16H12ClN3O. The lowest BCUT2D eigenvalue weighted by atomic mass is 9.96. The van der Waals surface area contributed by atoms with Crippen molar-refractivity contribution in [2.75, 3.05) is 0 Å². The number of aliphatic hydroxyl groups is 1. The molecule has 1 aliphatic rings. The van der Waals surface area contributed by atoms with Crippen molar-refractivity contribution in [1.29, 1.82) is 0 Å². The van der Waals surface area contributed by atoms with Crippen LogP contribution in [0, 0.1) is 0 Å². The number of pyridine rings is 1. The summed E-state index contributed by atoms with van der Waals surface area (Å²) in [6.07, 6.45) is 4.40. The van der Waals surface area contributed by atoms with E-state index in [-0.39, 0.29) is 6.04 Å². The Bertz CT molecular complexity index is 815. The van der Waals surface area contributed by atoms with Gasteiger partial charge in [-0.05, 0) is 11.6 Å². The standard InChI is InChI=1S/C16H12ClN3O/c17-16-12(6-3-7-19-16)15(21)14-11-5-2-1-4-10(11)13-8-18-9-20(13)14/h1-9,14-15,21H. The van der Waals surface area contributed by atoms with Gasteiger partial charge in [0, 0.05) is 17.3 Å². The number of hydrogen-bond acceptors (Lipinski definition) is 3. The number of aromatic nitrogens is 3. The van der Waals surface area contributed by atoms with Gasteiger partial charge >= 0.3 is 0 Å². The number of nitrogens with zero attached hydrogens (tertiary/aromatic N) is 3. The predicted molar refractivity (Wildman–Crippen MR) is 80.0 cm³/mol. The van der Waals surface area contributed by atoms with Gasteiger partial charge in [0.05, 0.1) is 24.3 Å². The highest BCUT2D eigenvalue weighted by molar-refractivity contribution is 6.30. The van der Waals surface area contributed by atoms with Crippen molar-refractivity contribution in [1.82, 2.24) is 14.5 Å². The SMILES string of the molecule is OC(c1cccnc1Cl)C1c2ccccc2-c2cncn21. The summed E-state index contributed by atoms with van der Waals surface area (Å²) in [5, 5.41) is 11.2. The van der Waals surface area contributed by atoms with Crippen LogP contribution in [-0.4, -0.2) is 19.6 Å². The van der Waals surface area contributed by atoms with E-state index in [1.807, 2.05) is 35.0 Å². The van der Waals surface area contributed by atoms with Gasteiger partial charge in [-0.25, -0.2) is 9.97 Å². The second-order valence-corrected chi connectivity index (χ2v) is 5.40. The van der Waals surface area contributed by atoms with Crippen LogP contribution in [0.3, 0.4) is 0 Å².